The van der Waals surface area contributed by atoms with Crippen molar-refractivity contribution in [1.29, 1.82) is 0 Å². The summed E-state index contributed by atoms with van der Waals surface area (Å²) < 4.78 is 5.98. The molecule has 0 aromatic heterocycles. The molecule has 104 valence electrons. The lowest BCUT2D eigenvalue weighted by Crippen LogP contribution is -2.47. The second-order valence-corrected chi connectivity index (χ2v) is 6.29. The Morgan fingerprint density at radius 1 is 1.56 bits per heavy atom. The number of hydrogen-bond donors (Lipinski definition) is 2. The summed E-state index contributed by atoms with van der Waals surface area (Å²) in [7, 11) is 0. The Hall–Kier alpha value is -0.260. The van der Waals surface area contributed by atoms with Crippen LogP contribution in [0.15, 0.2) is 0 Å². The number of nitrogens with one attached hydrogen (secondary N) is 2. The Balaban J connectivity index is 1.68. The predicted octanol–water partition coefficient (Wildman–Crippen LogP) is 1.16. The number of amides is 1. The van der Waals surface area contributed by atoms with Crippen molar-refractivity contribution in [2.24, 2.45) is 0 Å². The first-order valence-electron chi connectivity index (χ1n) is 6.96. The Morgan fingerprint density at radius 3 is 3.17 bits per heavy atom. The maximum atomic E-state index is 11.4. The highest BCUT2D eigenvalue weighted by Crippen LogP contribution is 2.38. The van der Waals surface area contributed by atoms with Gasteiger partial charge in [0.1, 0.15) is 0 Å². The van der Waals surface area contributed by atoms with Gasteiger partial charge in [-0.1, -0.05) is 0 Å². The van der Waals surface area contributed by atoms with Crippen molar-refractivity contribution in [1.82, 2.24) is 10.6 Å². The molecule has 1 amide bonds. The summed E-state index contributed by atoms with van der Waals surface area (Å²) in [4.78, 5) is 11.4. The molecule has 0 aromatic rings. The van der Waals surface area contributed by atoms with Crippen molar-refractivity contribution in [2.45, 2.75) is 44.2 Å². The number of rotatable bonds is 5. The van der Waals surface area contributed by atoms with Crippen LogP contribution in [0.1, 0.15) is 32.6 Å². The normalized spacial score (nSPS) is 31.7. The molecule has 0 bridgehead atoms. The lowest BCUT2D eigenvalue weighted by molar-refractivity contribution is -0.120. The molecule has 18 heavy (non-hydrogen) atoms. The zero-order valence-electron chi connectivity index (χ0n) is 11.2. The average Bonchev–Trinajstić information content (AvgIpc) is 2.78. The van der Waals surface area contributed by atoms with E-state index >= 15 is 0 Å². The highest BCUT2D eigenvalue weighted by atomic mass is 32.2. The number of ether oxygens (including phenoxy) is 1. The monoisotopic (exact) mass is 272 g/mol. The van der Waals surface area contributed by atoms with E-state index in [2.05, 4.69) is 10.6 Å². The third-order valence-corrected chi connectivity index (χ3v) is 4.94. The first-order valence-corrected chi connectivity index (χ1v) is 8.11. The van der Waals surface area contributed by atoms with Gasteiger partial charge in [0.15, 0.2) is 0 Å². The highest BCUT2D eigenvalue weighted by molar-refractivity contribution is 7.99. The molecule has 2 rings (SSSR count). The molecule has 2 atom stereocenters. The minimum Gasteiger partial charge on any atom is -0.374 e. The van der Waals surface area contributed by atoms with Gasteiger partial charge in [0, 0.05) is 37.9 Å². The summed E-state index contributed by atoms with van der Waals surface area (Å²) in [6, 6.07) is 0.520. The molecule has 1 spiro atoms. The Morgan fingerprint density at radius 2 is 2.44 bits per heavy atom. The van der Waals surface area contributed by atoms with Crippen LogP contribution in [0, 0.1) is 0 Å². The van der Waals surface area contributed by atoms with Crippen LogP contribution in [-0.2, 0) is 9.53 Å². The number of thioether (sulfide) groups is 1. The molecule has 2 fully saturated rings. The maximum absolute atomic E-state index is 11.4. The Bertz CT molecular complexity index is 280. The topological polar surface area (TPSA) is 50.4 Å². The molecular weight excluding hydrogens is 248 g/mol. The van der Waals surface area contributed by atoms with E-state index in [0.717, 1.165) is 38.3 Å². The molecule has 5 heteroatoms. The van der Waals surface area contributed by atoms with Crippen LogP contribution in [0.25, 0.3) is 0 Å². The number of carbonyl (C=O) groups is 1. The molecule has 0 aliphatic carbocycles. The van der Waals surface area contributed by atoms with Gasteiger partial charge in [0.05, 0.1) is 5.60 Å². The zero-order chi connectivity index (χ0) is 12.8. The summed E-state index contributed by atoms with van der Waals surface area (Å²) in [6.45, 7) is 4.31. The van der Waals surface area contributed by atoms with E-state index in [0.29, 0.717) is 12.5 Å². The van der Waals surface area contributed by atoms with Gasteiger partial charge in [-0.05, 0) is 31.9 Å². The summed E-state index contributed by atoms with van der Waals surface area (Å²) in [5.41, 5.74) is 0.131. The molecule has 0 aromatic carbocycles. The number of carbonyl (C=O) groups excluding carboxylic acids is 1. The molecule has 0 radical (unpaired) electrons. The van der Waals surface area contributed by atoms with Gasteiger partial charge in [0.2, 0.25) is 5.91 Å². The van der Waals surface area contributed by atoms with Crippen LogP contribution >= 0.6 is 11.8 Å². The van der Waals surface area contributed by atoms with Gasteiger partial charge in [-0.3, -0.25) is 4.79 Å². The van der Waals surface area contributed by atoms with Crippen LogP contribution in [0.2, 0.25) is 0 Å². The number of hydrogen-bond acceptors (Lipinski definition) is 4. The van der Waals surface area contributed by atoms with Crippen LogP contribution in [0.3, 0.4) is 0 Å². The van der Waals surface area contributed by atoms with Crippen molar-refractivity contribution < 1.29 is 9.53 Å². The summed E-state index contributed by atoms with van der Waals surface area (Å²) >= 11 is 2.00. The van der Waals surface area contributed by atoms with E-state index in [1.807, 2.05) is 18.7 Å². The van der Waals surface area contributed by atoms with E-state index < -0.39 is 0 Å². The van der Waals surface area contributed by atoms with E-state index in [9.17, 15) is 4.79 Å². The van der Waals surface area contributed by atoms with Crippen molar-refractivity contribution in [3.05, 3.63) is 0 Å². The van der Waals surface area contributed by atoms with E-state index in [-0.39, 0.29) is 11.5 Å². The molecule has 2 saturated heterocycles. The lowest BCUT2D eigenvalue weighted by atomic mass is 9.90. The molecule has 2 heterocycles. The summed E-state index contributed by atoms with van der Waals surface area (Å²) in [5.74, 6) is 2.51. The minimum atomic E-state index is 0.131. The van der Waals surface area contributed by atoms with Crippen LogP contribution < -0.4 is 10.6 Å². The Kier molecular flexibility index (Phi) is 5.33. The third-order valence-electron chi connectivity index (χ3n) is 3.72. The van der Waals surface area contributed by atoms with Crippen molar-refractivity contribution in [3.8, 4) is 0 Å². The van der Waals surface area contributed by atoms with Crippen LogP contribution in [-0.4, -0.2) is 48.8 Å². The molecular formula is C13H24N2O2S. The fraction of sp³-hybridized carbons (Fsp3) is 0.923. The Labute approximate surface area is 114 Å². The SMILES string of the molecule is CCNC(=O)CCNC1CCOC2(CCSC2)C1. The predicted molar refractivity (Wildman–Crippen MR) is 75.0 cm³/mol. The van der Waals surface area contributed by atoms with Crippen LogP contribution in [0.4, 0.5) is 0 Å². The molecule has 4 nitrogen and oxygen atoms in total. The van der Waals surface area contributed by atoms with Crippen molar-refractivity contribution in [3.63, 3.8) is 0 Å². The molecule has 2 aliphatic rings. The van der Waals surface area contributed by atoms with Gasteiger partial charge in [0.25, 0.3) is 0 Å². The van der Waals surface area contributed by atoms with Gasteiger partial charge < -0.3 is 15.4 Å². The summed E-state index contributed by atoms with van der Waals surface area (Å²) in [5, 5.41) is 6.34. The first kappa shape index (κ1) is 14.2. The van der Waals surface area contributed by atoms with Crippen molar-refractivity contribution in [2.75, 3.05) is 31.2 Å². The second kappa shape index (κ2) is 6.78. The molecule has 2 aliphatic heterocycles. The van der Waals surface area contributed by atoms with E-state index in [4.69, 9.17) is 4.74 Å². The standard InChI is InChI=1S/C13H24N2O2S/c1-2-14-12(16)3-6-15-11-4-7-17-13(9-11)5-8-18-10-13/h11,15H,2-10H2,1H3,(H,14,16). The van der Waals surface area contributed by atoms with Gasteiger partial charge in [-0.15, -0.1) is 0 Å². The van der Waals surface area contributed by atoms with E-state index in [1.165, 1.54) is 12.2 Å². The molecule has 2 unspecified atom stereocenters. The maximum Gasteiger partial charge on any atom is 0.221 e. The smallest absolute Gasteiger partial charge is 0.221 e. The van der Waals surface area contributed by atoms with Gasteiger partial charge in [-0.25, -0.2) is 0 Å². The lowest BCUT2D eigenvalue weighted by Gasteiger charge is -2.38. The van der Waals surface area contributed by atoms with E-state index in [1.54, 1.807) is 0 Å². The fourth-order valence-corrected chi connectivity index (χ4v) is 4.12. The van der Waals surface area contributed by atoms with Gasteiger partial charge in [-0.2, -0.15) is 11.8 Å². The quantitative estimate of drug-likeness (QED) is 0.788. The van der Waals surface area contributed by atoms with Gasteiger partial charge >= 0.3 is 0 Å². The zero-order valence-corrected chi connectivity index (χ0v) is 12.0. The highest BCUT2D eigenvalue weighted by Gasteiger charge is 2.40. The average molecular weight is 272 g/mol. The fourth-order valence-electron chi connectivity index (χ4n) is 2.74. The third kappa shape index (κ3) is 3.87. The first-order chi connectivity index (χ1) is 8.74. The molecule has 2 N–H and O–H groups in total. The summed E-state index contributed by atoms with van der Waals surface area (Å²) in [6.07, 6.45) is 3.94. The van der Waals surface area contributed by atoms with Crippen molar-refractivity contribution >= 4 is 17.7 Å². The minimum absolute atomic E-state index is 0.131. The molecule has 0 saturated carbocycles. The van der Waals surface area contributed by atoms with Crippen LogP contribution in [0.5, 0.6) is 0 Å². The largest absolute Gasteiger partial charge is 0.374 e. The second-order valence-electron chi connectivity index (χ2n) is 5.18.